The molecule has 0 atom stereocenters. The predicted octanol–water partition coefficient (Wildman–Crippen LogP) is 3.77. The van der Waals surface area contributed by atoms with Crippen molar-refractivity contribution in [2.45, 2.75) is 51.6 Å². The number of hydrogen-bond acceptors (Lipinski definition) is 8. The van der Waals surface area contributed by atoms with E-state index in [4.69, 9.17) is 15.5 Å². The SMILES string of the molecule is CNc1nc(N)nn2ccc(-c3ccc4nc(C)n(C(C)C)c4n3)c12.FC1(F)CCCN(C2COC2)C1. The summed E-state index contributed by atoms with van der Waals surface area (Å²) in [5.74, 6) is -0.615. The number of imidazole rings is 1. The molecule has 0 amide bonds. The molecule has 12 heteroatoms. The zero-order valence-corrected chi connectivity index (χ0v) is 21.6. The first-order valence-electron chi connectivity index (χ1n) is 12.5. The highest BCUT2D eigenvalue weighted by atomic mass is 19.3. The Morgan fingerprint density at radius 2 is 1.95 bits per heavy atom. The van der Waals surface area contributed by atoms with Crippen LogP contribution >= 0.6 is 0 Å². The number of likely N-dealkylation sites (tertiary alicyclic amines) is 1. The predicted molar refractivity (Wildman–Crippen MR) is 139 cm³/mol. The van der Waals surface area contributed by atoms with Crippen molar-refractivity contribution in [1.82, 2.24) is 34.0 Å². The number of fused-ring (bicyclic) bond motifs is 2. The van der Waals surface area contributed by atoms with E-state index >= 15 is 0 Å². The number of rotatable bonds is 4. The summed E-state index contributed by atoms with van der Waals surface area (Å²) < 4.78 is 34.6. The van der Waals surface area contributed by atoms with Crippen molar-refractivity contribution in [3.05, 3.63) is 30.2 Å². The third-order valence-electron chi connectivity index (χ3n) is 6.83. The first kappa shape index (κ1) is 25.3. The topological polar surface area (TPSA) is 111 Å². The maximum atomic E-state index is 12.9. The second-order valence-electron chi connectivity index (χ2n) is 9.87. The number of halogens is 2. The minimum Gasteiger partial charge on any atom is -0.378 e. The van der Waals surface area contributed by atoms with Gasteiger partial charge in [0.25, 0.3) is 5.92 Å². The highest BCUT2D eigenvalue weighted by molar-refractivity contribution is 5.89. The second-order valence-corrected chi connectivity index (χ2v) is 9.87. The van der Waals surface area contributed by atoms with Crippen molar-refractivity contribution in [1.29, 1.82) is 0 Å². The van der Waals surface area contributed by atoms with E-state index in [1.54, 1.807) is 4.52 Å². The first-order chi connectivity index (χ1) is 17.7. The minimum absolute atomic E-state index is 0.0527. The number of ether oxygens (including phenoxy) is 1. The Morgan fingerprint density at radius 1 is 1.16 bits per heavy atom. The maximum absolute atomic E-state index is 12.9. The van der Waals surface area contributed by atoms with Crippen LogP contribution in [0.5, 0.6) is 0 Å². The number of nitrogen functional groups attached to an aromatic ring is 1. The molecule has 0 radical (unpaired) electrons. The number of nitrogens with zero attached hydrogens (tertiary/aromatic N) is 7. The number of alkyl halides is 2. The number of nitrogens with one attached hydrogen (secondary N) is 1. The monoisotopic (exact) mass is 513 g/mol. The fraction of sp³-hybridized carbons (Fsp3) is 0.520. The molecule has 2 aliphatic rings. The molecule has 3 N–H and O–H groups in total. The average Bonchev–Trinajstić information content (AvgIpc) is 3.36. The lowest BCUT2D eigenvalue weighted by Gasteiger charge is -2.41. The Labute approximate surface area is 213 Å². The molecule has 2 saturated heterocycles. The van der Waals surface area contributed by atoms with Gasteiger partial charge in [-0.2, -0.15) is 4.98 Å². The van der Waals surface area contributed by atoms with Crippen LogP contribution in [0.3, 0.4) is 0 Å². The molecule has 0 aromatic carbocycles. The molecule has 0 aliphatic carbocycles. The molecular weight excluding hydrogens is 480 g/mol. The number of hydrogen-bond donors (Lipinski definition) is 2. The van der Waals surface area contributed by atoms with Crippen LogP contribution in [0, 0.1) is 6.92 Å². The van der Waals surface area contributed by atoms with Crippen LogP contribution < -0.4 is 11.1 Å². The molecule has 198 valence electrons. The van der Waals surface area contributed by atoms with Gasteiger partial charge in [-0.3, -0.25) is 4.90 Å². The zero-order valence-electron chi connectivity index (χ0n) is 21.6. The highest BCUT2D eigenvalue weighted by Crippen LogP contribution is 2.31. The average molecular weight is 514 g/mol. The summed E-state index contributed by atoms with van der Waals surface area (Å²) in [5, 5.41) is 7.32. The van der Waals surface area contributed by atoms with Gasteiger partial charge in [0, 0.05) is 31.3 Å². The zero-order chi connectivity index (χ0) is 26.3. The number of nitrogens with two attached hydrogens (primary N) is 1. The molecule has 0 unspecified atom stereocenters. The van der Waals surface area contributed by atoms with Crippen molar-refractivity contribution < 1.29 is 13.5 Å². The van der Waals surface area contributed by atoms with Gasteiger partial charge in [0.2, 0.25) is 5.95 Å². The lowest BCUT2D eigenvalue weighted by atomic mass is 10.0. The fourth-order valence-electron chi connectivity index (χ4n) is 5.02. The largest absolute Gasteiger partial charge is 0.378 e. The van der Waals surface area contributed by atoms with E-state index in [1.807, 2.05) is 43.3 Å². The van der Waals surface area contributed by atoms with Crippen LogP contribution in [0.2, 0.25) is 0 Å². The minimum atomic E-state index is -2.46. The molecule has 10 nitrogen and oxygen atoms in total. The van der Waals surface area contributed by atoms with Crippen molar-refractivity contribution in [2.75, 3.05) is 44.4 Å². The molecule has 4 aromatic heterocycles. The lowest BCUT2D eigenvalue weighted by Crippen LogP contribution is -2.55. The van der Waals surface area contributed by atoms with Gasteiger partial charge < -0.3 is 20.4 Å². The van der Waals surface area contributed by atoms with E-state index < -0.39 is 5.92 Å². The van der Waals surface area contributed by atoms with Gasteiger partial charge in [0.15, 0.2) is 11.5 Å². The van der Waals surface area contributed by atoms with Crippen LogP contribution in [0.25, 0.3) is 27.9 Å². The molecule has 0 spiro atoms. The normalized spacial score (nSPS) is 18.1. The lowest BCUT2D eigenvalue weighted by molar-refractivity contribution is -0.126. The van der Waals surface area contributed by atoms with Crippen LogP contribution in [0.15, 0.2) is 24.4 Å². The van der Waals surface area contributed by atoms with E-state index in [0.29, 0.717) is 25.5 Å². The molecular formula is C25H33F2N9O. The molecule has 2 aliphatic heterocycles. The Bertz CT molecular complexity index is 1410. The summed E-state index contributed by atoms with van der Waals surface area (Å²) in [4.78, 5) is 15.6. The Balaban J connectivity index is 0.000000195. The number of pyridine rings is 1. The van der Waals surface area contributed by atoms with Gasteiger partial charge in [0.1, 0.15) is 16.9 Å². The van der Waals surface area contributed by atoms with Crippen molar-refractivity contribution in [3.63, 3.8) is 0 Å². The first-order valence-corrected chi connectivity index (χ1v) is 12.5. The van der Waals surface area contributed by atoms with Crippen molar-refractivity contribution in [2.24, 2.45) is 0 Å². The number of aromatic nitrogens is 6. The maximum Gasteiger partial charge on any atom is 0.260 e. The number of anilines is 2. The van der Waals surface area contributed by atoms with Crippen molar-refractivity contribution >= 4 is 28.4 Å². The summed E-state index contributed by atoms with van der Waals surface area (Å²) in [5.41, 5.74) is 10.2. The van der Waals surface area contributed by atoms with Gasteiger partial charge in [0.05, 0.1) is 31.5 Å². The number of aryl methyl sites for hydroxylation is 1. The van der Waals surface area contributed by atoms with E-state index in [-0.39, 0.29) is 31.0 Å². The highest BCUT2D eigenvalue weighted by Gasteiger charge is 2.39. The van der Waals surface area contributed by atoms with E-state index in [0.717, 1.165) is 40.3 Å². The Morgan fingerprint density at radius 3 is 2.59 bits per heavy atom. The fourth-order valence-corrected chi connectivity index (χ4v) is 5.02. The Kier molecular flexibility index (Phi) is 6.71. The van der Waals surface area contributed by atoms with Crippen LogP contribution in [-0.2, 0) is 4.74 Å². The van der Waals surface area contributed by atoms with Crippen LogP contribution in [-0.4, -0.2) is 79.3 Å². The number of piperidine rings is 1. The molecule has 2 fully saturated rings. The van der Waals surface area contributed by atoms with Crippen LogP contribution in [0.4, 0.5) is 20.5 Å². The van der Waals surface area contributed by atoms with Gasteiger partial charge in [-0.15, -0.1) is 5.10 Å². The van der Waals surface area contributed by atoms with Gasteiger partial charge in [-0.05, 0) is 51.9 Å². The smallest absolute Gasteiger partial charge is 0.260 e. The quantitative estimate of drug-likeness (QED) is 0.424. The summed E-state index contributed by atoms with van der Waals surface area (Å²) in [7, 11) is 1.81. The molecule has 0 bridgehead atoms. The van der Waals surface area contributed by atoms with E-state index in [9.17, 15) is 8.78 Å². The molecule has 6 heterocycles. The van der Waals surface area contributed by atoms with Crippen LogP contribution in [0.1, 0.15) is 38.6 Å². The van der Waals surface area contributed by atoms with Gasteiger partial charge in [-0.25, -0.2) is 23.3 Å². The molecule has 6 rings (SSSR count). The summed E-state index contributed by atoms with van der Waals surface area (Å²) in [6.07, 6.45) is 2.53. The molecule has 4 aromatic rings. The second kappa shape index (κ2) is 9.82. The Hall–Kier alpha value is -3.38. The van der Waals surface area contributed by atoms with E-state index in [1.165, 1.54) is 0 Å². The summed E-state index contributed by atoms with van der Waals surface area (Å²) in [6.45, 7) is 8.28. The summed E-state index contributed by atoms with van der Waals surface area (Å²) >= 11 is 0. The standard InChI is InChI=1S/C17H20N8.C8H13F2NO/c1-9(2)25-10(3)20-13-6-5-12(21-16(13)25)11-7-8-24-14(11)15(19-4)22-17(18)23-24;9-8(10)2-1-3-11(6-8)7-4-12-5-7/h5-9H,1-4H3,(H3,18,19,22,23);7H,1-6H2. The van der Waals surface area contributed by atoms with Crippen molar-refractivity contribution in [3.8, 4) is 11.3 Å². The summed E-state index contributed by atoms with van der Waals surface area (Å²) in [6, 6.07) is 6.50. The third-order valence-corrected chi connectivity index (χ3v) is 6.83. The van der Waals surface area contributed by atoms with E-state index in [2.05, 4.69) is 38.8 Å². The van der Waals surface area contributed by atoms with Gasteiger partial charge >= 0.3 is 0 Å². The molecule has 37 heavy (non-hydrogen) atoms. The van der Waals surface area contributed by atoms with Gasteiger partial charge in [-0.1, -0.05) is 0 Å². The third kappa shape index (κ3) is 4.95. The molecule has 0 saturated carbocycles.